The minimum atomic E-state index is -4.73. The lowest BCUT2D eigenvalue weighted by molar-refractivity contribution is -0.181. The standard InChI is InChI=1S/C17H32F3NO3S/c1-11(2)10-24-14(22)12(9-15(3,4)5)13(17(18,19)20)21-25(23)16(6,7)8/h11-13,21H,9-10H2,1-8H3/t12-,13-,25-/m1/s1. The minimum absolute atomic E-state index is 0.0141. The predicted octanol–water partition coefficient (Wildman–Crippen LogP) is 4.22. The summed E-state index contributed by atoms with van der Waals surface area (Å²) in [6.45, 7) is 13.6. The van der Waals surface area contributed by atoms with Gasteiger partial charge in [0.15, 0.2) is 0 Å². The highest BCUT2D eigenvalue weighted by Gasteiger charge is 2.50. The van der Waals surface area contributed by atoms with Gasteiger partial charge in [0.25, 0.3) is 0 Å². The average molecular weight is 388 g/mol. The normalized spacial score (nSPS) is 17.3. The molecule has 150 valence electrons. The lowest BCUT2D eigenvalue weighted by atomic mass is 9.81. The molecule has 0 aliphatic carbocycles. The van der Waals surface area contributed by atoms with E-state index in [-0.39, 0.29) is 18.9 Å². The first-order valence-corrected chi connectivity index (χ1v) is 9.51. The van der Waals surface area contributed by atoms with E-state index in [4.69, 9.17) is 4.74 Å². The van der Waals surface area contributed by atoms with Crippen molar-refractivity contribution >= 4 is 17.0 Å². The third-order valence-electron chi connectivity index (χ3n) is 3.24. The van der Waals surface area contributed by atoms with Gasteiger partial charge >= 0.3 is 12.1 Å². The van der Waals surface area contributed by atoms with Gasteiger partial charge in [-0.3, -0.25) is 4.79 Å². The van der Waals surface area contributed by atoms with Crippen LogP contribution in [0.4, 0.5) is 13.2 Å². The molecule has 0 saturated heterocycles. The van der Waals surface area contributed by atoms with Gasteiger partial charge in [-0.1, -0.05) is 34.6 Å². The maximum atomic E-state index is 13.6. The van der Waals surface area contributed by atoms with Gasteiger partial charge in [-0.15, -0.1) is 0 Å². The smallest absolute Gasteiger partial charge is 0.405 e. The van der Waals surface area contributed by atoms with E-state index in [1.807, 2.05) is 0 Å². The lowest BCUT2D eigenvalue weighted by Crippen LogP contribution is -2.54. The topological polar surface area (TPSA) is 55.4 Å². The molecule has 0 aliphatic heterocycles. The van der Waals surface area contributed by atoms with E-state index in [0.717, 1.165) is 0 Å². The Balaban J connectivity index is 5.67. The monoisotopic (exact) mass is 387 g/mol. The third-order valence-corrected chi connectivity index (χ3v) is 4.82. The summed E-state index contributed by atoms with van der Waals surface area (Å²) in [5.41, 5.74) is -0.532. The van der Waals surface area contributed by atoms with Crippen LogP contribution in [0.3, 0.4) is 0 Å². The summed E-state index contributed by atoms with van der Waals surface area (Å²) in [4.78, 5) is 12.4. The van der Waals surface area contributed by atoms with Crippen molar-refractivity contribution in [1.82, 2.24) is 4.72 Å². The van der Waals surface area contributed by atoms with Crippen LogP contribution in [0.25, 0.3) is 0 Å². The van der Waals surface area contributed by atoms with Crippen molar-refractivity contribution in [2.24, 2.45) is 17.3 Å². The molecule has 0 heterocycles. The molecule has 0 amide bonds. The summed E-state index contributed by atoms with van der Waals surface area (Å²) < 4.78 is 59.5. The summed E-state index contributed by atoms with van der Waals surface area (Å²) in [6, 6.07) is -2.23. The summed E-state index contributed by atoms with van der Waals surface area (Å²) >= 11 is 0. The zero-order valence-electron chi connectivity index (χ0n) is 16.4. The Kier molecular flexibility index (Phi) is 8.62. The molecule has 4 nitrogen and oxygen atoms in total. The first-order valence-electron chi connectivity index (χ1n) is 8.36. The Bertz CT molecular complexity index is 465. The molecule has 0 fully saturated rings. The molecule has 1 N–H and O–H groups in total. The molecule has 3 atom stereocenters. The lowest BCUT2D eigenvalue weighted by Gasteiger charge is -2.33. The number of hydrogen-bond acceptors (Lipinski definition) is 3. The number of hydrogen-bond donors (Lipinski definition) is 1. The second-order valence-corrected chi connectivity index (χ2v) is 10.9. The molecule has 8 heteroatoms. The van der Waals surface area contributed by atoms with Crippen LogP contribution in [0.2, 0.25) is 0 Å². The Morgan fingerprint density at radius 2 is 1.56 bits per heavy atom. The summed E-state index contributed by atoms with van der Waals surface area (Å²) in [5, 5.41) is 0. The summed E-state index contributed by atoms with van der Waals surface area (Å²) in [5.74, 6) is -2.37. The van der Waals surface area contributed by atoms with Gasteiger partial charge in [0, 0.05) is 0 Å². The Morgan fingerprint density at radius 1 is 1.08 bits per heavy atom. The maximum absolute atomic E-state index is 13.6. The van der Waals surface area contributed by atoms with Gasteiger partial charge in [-0.05, 0) is 38.5 Å². The van der Waals surface area contributed by atoms with E-state index in [1.54, 1.807) is 55.4 Å². The molecule has 0 rings (SSSR count). The average Bonchev–Trinajstić information content (AvgIpc) is 2.35. The first kappa shape index (κ1) is 24.4. The van der Waals surface area contributed by atoms with Crippen molar-refractivity contribution in [3.8, 4) is 0 Å². The van der Waals surface area contributed by atoms with Crippen molar-refractivity contribution in [2.45, 2.75) is 78.8 Å². The van der Waals surface area contributed by atoms with Crippen LogP contribution in [0.5, 0.6) is 0 Å². The van der Waals surface area contributed by atoms with Crippen LogP contribution in [0.1, 0.15) is 61.8 Å². The molecule has 0 bridgehead atoms. The van der Waals surface area contributed by atoms with Crippen molar-refractivity contribution in [2.75, 3.05) is 6.61 Å². The fourth-order valence-electron chi connectivity index (χ4n) is 2.02. The van der Waals surface area contributed by atoms with Crippen molar-refractivity contribution in [3.63, 3.8) is 0 Å². The van der Waals surface area contributed by atoms with Gasteiger partial charge in [0.1, 0.15) is 6.04 Å². The Labute approximate surface area is 151 Å². The first-order chi connectivity index (χ1) is 10.9. The van der Waals surface area contributed by atoms with Crippen molar-refractivity contribution < 1.29 is 26.9 Å². The minimum Gasteiger partial charge on any atom is -0.465 e. The van der Waals surface area contributed by atoms with Crippen LogP contribution >= 0.6 is 0 Å². The maximum Gasteiger partial charge on any atom is 0.405 e. The van der Waals surface area contributed by atoms with Crippen molar-refractivity contribution in [1.29, 1.82) is 0 Å². The van der Waals surface area contributed by atoms with Crippen LogP contribution in [0, 0.1) is 17.3 Å². The zero-order valence-corrected chi connectivity index (χ0v) is 17.2. The van der Waals surface area contributed by atoms with E-state index in [1.165, 1.54) is 0 Å². The van der Waals surface area contributed by atoms with Crippen LogP contribution in [0.15, 0.2) is 0 Å². The highest BCUT2D eigenvalue weighted by molar-refractivity contribution is 7.84. The quantitative estimate of drug-likeness (QED) is 0.666. The molecular formula is C17H32F3NO3S. The largest absolute Gasteiger partial charge is 0.465 e. The highest BCUT2D eigenvalue weighted by atomic mass is 32.2. The molecule has 0 aromatic rings. The second-order valence-electron chi connectivity index (χ2n) is 8.91. The number of carbonyl (C=O) groups is 1. The molecule has 0 spiro atoms. The number of nitrogens with one attached hydrogen (secondary N) is 1. The van der Waals surface area contributed by atoms with Gasteiger partial charge in [-0.2, -0.15) is 13.2 Å². The third kappa shape index (κ3) is 9.58. The Hall–Kier alpha value is -0.630. The van der Waals surface area contributed by atoms with Crippen LogP contribution in [-0.4, -0.2) is 33.8 Å². The number of alkyl halides is 3. The molecule has 0 saturated carbocycles. The predicted molar refractivity (Wildman–Crippen MR) is 94.2 cm³/mol. The molecular weight excluding hydrogens is 355 g/mol. The fraction of sp³-hybridized carbons (Fsp3) is 0.941. The number of esters is 1. The molecule has 0 radical (unpaired) electrons. The van der Waals surface area contributed by atoms with E-state index < -0.39 is 45.3 Å². The molecule has 0 aliphatic rings. The second kappa shape index (κ2) is 8.84. The van der Waals surface area contributed by atoms with Gasteiger partial charge in [-0.25, -0.2) is 8.93 Å². The van der Waals surface area contributed by atoms with Crippen LogP contribution < -0.4 is 4.72 Å². The van der Waals surface area contributed by atoms with Gasteiger partial charge in [0.2, 0.25) is 0 Å². The van der Waals surface area contributed by atoms with Crippen molar-refractivity contribution in [3.05, 3.63) is 0 Å². The Morgan fingerprint density at radius 3 is 1.88 bits per heavy atom. The van der Waals surface area contributed by atoms with Gasteiger partial charge < -0.3 is 4.74 Å². The number of halogens is 3. The number of carbonyl (C=O) groups excluding carboxylic acids is 1. The zero-order chi connectivity index (χ0) is 20.2. The van der Waals surface area contributed by atoms with E-state index in [0.29, 0.717) is 0 Å². The number of rotatable bonds is 7. The fourth-order valence-corrected chi connectivity index (χ4v) is 2.90. The van der Waals surface area contributed by atoms with E-state index >= 15 is 0 Å². The highest BCUT2D eigenvalue weighted by Crippen LogP contribution is 2.35. The van der Waals surface area contributed by atoms with E-state index in [2.05, 4.69) is 4.72 Å². The number of ether oxygens (including phenoxy) is 1. The summed E-state index contributed by atoms with van der Waals surface area (Å²) in [7, 11) is -1.97. The molecule has 25 heavy (non-hydrogen) atoms. The molecule has 0 unspecified atom stereocenters. The molecule has 0 aromatic heterocycles. The van der Waals surface area contributed by atoms with Crippen LogP contribution in [-0.2, 0) is 20.5 Å². The molecule has 0 aromatic carbocycles. The van der Waals surface area contributed by atoms with Gasteiger partial charge in [0.05, 0.1) is 28.3 Å². The SMILES string of the molecule is CC(C)COC(=O)[C@H](CC(C)(C)C)[C@@H](N[S@](=O)C(C)(C)C)C(F)(F)F. The van der Waals surface area contributed by atoms with E-state index in [9.17, 15) is 22.2 Å². The summed E-state index contributed by atoms with van der Waals surface area (Å²) in [6.07, 6.45) is -4.77.